The molecule has 10 heteroatoms. The fourth-order valence-electron chi connectivity index (χ4n) is 1.69. The Kier molecular flexibility index (Phi) is 4.70. The maximum absolute atomic E-state index is 12.3. The summed E-state index contributed by atoms with van der Waals surface area (Å²) >= 11 is 11.6. The van der Waals surface area contributed by atoms with E-state index in [1.54, 1.807) is 11.5 Å². The highest BCUT2D eigenvalue weighted by molar-refractivity contribution is 7.92. The van der Waals surface area contributed by atoms with Crippen molar-refractivity contribution in [3.05, 3.63) is 28.7 Å². The highest BCUT2D eigenvalue weighted by atomic mass is 35.5. The first-order valence-electron chi connectivity index (χ1n) is 6.07. The van der Waals surface area contributed by atoms with Crippen LogP contribution in [0, 0.1) is 6.92 Å². The summed E-state index contributed by atoms with van der Waals surface area (Å²) in [4.78, 5) is 11.4. The van der Waals surface area contributed by atoms with Crippen molar-refractivity contribution in [2.24, 2.45) is 0 Å². The molecule has 0 bridgehead atoms. The molecule has 0 spiro atoms. The third-order valence-corrected chi connectivity index (χ3v) is 4.48. The largest absolute Gasteiger partial charge is 0.334 e. The van der Waals surface area contributed by atoms with Gasteiger partial charge in [0.25, 0.3) is 10.0 Å². The summed E-state index contributed by atoms with van der Waals surface area (Å²) in [5.41, 5.74) is -0.0662. The van der Waals surface area contributed by atoms with Gasteiger partial charge in [-0.15, -0.1) is 0 Å². The van der Waals surface area contributed by atoms with Crippen molar-refractivity contribution in [2.75, 3.05) is 4.72 Å². The summed E-state index contributed by atoms with van der Waals surface area (Å²) in [6.45, 7) is 4.41. The average Bonchev–Trinajstić information content (AvgIpc) is 2.77. The van der Waals surface area contributed by atoms with Gasteiger partial charge in [0.15, 0.2) is 15.3 Å². The molecule has 2 heterocycles. The second kappa shape index (κ2) is 6.17. The number of hydrogen-bond donors (Lipinski definition) is 1. The smallest absolute Gasteiger partial charge is 0.281 e. The second-order valence-electron chi connectivity index (χ2n) is 4.26. The van der Waals surface area contributed by atoms with Crippen LogP contribution < -0.4 is 4.72 Å². The molecule has 7 nitrogen and oxygen atoms in total. The molecule has 0 aliphatic heterocycles. The van der Waals surface area contributed by atoms with Crippen molar-refractivity contribution in [3.63, 3.8) is 0 Å². The molecular formula is C11H13Cl2N5O2S. The van der Waals surface area contributed by atoms with Crippen LogP contribution in [0.2, 0.25) is 10.3 Å². The van der Waals surface area contributed by atoms with Gasteiger partial charge in [-0.25, -0.2) is 15.0 Å². The normalized spacial score (nSPS) is 11.6. The van der Waals surface area contributed by atoms with E-state index < -0.39 is 10.0 Å². The number of anilines is 1. The number of rotatable bonds is 5. The number of hydrogen-bond acceptors (Lipinski definition) is 5. The summed E-state index contributed by atoms with van der Waals surface area (Å²) < 4.78 is 28.7. The lowest BCUT2D eigenvalue weighted by atomic mass is 10.5. The van der Waals surface area contributed by atoms with Gasteiger partial charge in [0.05, 0.1) is 0 Å². The predicted octanol–water partition coefficient (Wildman–Crippen LogP) is 2.50. The number of aromatic nitrogens is 4. The van der Waals surface area contributed by atoms with Gasteiger partial charge in [-0.2, -0.15) is 8.42 Å². The third-order valence-electron chi connectivity index (χ3n) is 2.68. The lowest BCUT2D eigenvalue weighted by Gasteiger charge is -2.07. The van der Waals surface area contributed by atoms with Gasteiger partial charge in [-0.3, -0.25) is 4.72 Å². The molecule has 21 heavy (non-hydrogen) atoms. The van der Waals surface area contributed by atoms with E-state index in [1.807, 2.05) is 6.92 Å². The van der Waals surface area contributed by atoms with Crippen LogP contribution in [0.5, 0.6) is 0 Å². The highest BCUT2D eigenvalue weighted by Gasteiger charge is 2.22. The van der Waals surface area contributed by atoms with Crippen LogP contribution >= 0.6 is 23.2 Å². The molecule has 2 aromatic heterocycles. The van der Waals surface area contributed by atoms with Crippen LogP contribution in [-0.2, 0) is 16.6 Å². The van der Waals surface area contributed by atoms with Crippen molar-refractivity contribution < 1.29 is 8.42 Å². The number of sulfonamides is 1. The van der Waals surface area contributed by atoms with Crippen LogP contribution in [0.1, 0.15) is 19.2 Å². The van der Waals surface area contributed by atoms with Crippen molar-refractivity contribution in [1.82, 2.24) is 19.5 Å². The van der Waals surface area contributed by atoms with Crippen LogP contribution in [0.4, 0.5) is 5.69 Å². The zero-order chi connectivity index (χ0) is 15.6. The molecular weight excluding hydrogens is 337 g/mol. The second-order valence-corrected chi connectivity index (χ2v) is 6.60. The molecule has 2 rings (SSSR count). The number of aryl methyl sites for hydroxylation is 2. The number of imidazole rings is 1. The molecule has 0 fully saturated rings. The lowest BCUT2D eigenvalue weighted by Crippen LogP contribution is -2.14. The first-order chi connectivity index (χ1) is 9.85. The SMILES string of the molecule is CCCn1cc(S(=O)(=O)Nc2c(Cl)ncnc2Cl)nc1C. The van der Waals surface area contributed by atoms with E-state index in [-0.39, 0.29) is 21.0 Å². The third kappa shape index (κ3) is 3.45. The van der Waals surface area contributed by atoms with Crippen LogP contribution in [0.25, 0.3) is 0 Å². The summed E-state index contributed by atoms with van der Waals surface area (Å²) in [5, 5.41) is -0.268. The molecule has 0 aliphatic rings. The first-order valence-corrected chi connectivity index (χ1v) is 8.31. The van der Waals surface area contributed by atoms with E-state index in [1.165, 1.54) is 6.20 Å². The van der Waals surface area contributed by atoms with Crippen LogP contribution in [-0.4, -0.2) is 27.9 Å². The predicted molar refractivity (Wildman–Crippen MR) is 80.1 cm³/mol. The minimum Gasteiger partial charge on any atom is -0.334 e. The molecule has 0 unspecified atom stereocenters. The average molecular weight is 350 g/mol. The monoisotopic (exact) mass is 349 g/mol. The molecule has 0 atom stereocenters. The Balaban J connectivity index is 2.37. The van der Waals surface area contributed by atoms with Gasteiger partial charge < -0.3 is 4.57 Å². The van der Waals surface area contributed by atoms with E-state index in [0.717, 1.165) is 12.7 Å². The number of nitrogens with one attached hydrogen (secondary N) is 1. The van der Waals surface area contributed by atoms with Crippen LogP contribution in [0.3, 0.4) is 0 Å². The Morgan fingerprint density at radius 1 is 1.29 bits per heavy atom. The van der Waals surface area contributed by atoms with Gasteiger partial charge in [0, 0.05) is 12.7 Å². The highest BCUT2D eigenvalue weighted by Crippen LogP contribution is 2.28. The van der Waals surface area contributed by atoms with E-state index in [9.17, 15) is 8.42 Å². The zero-order valence-electron chi connectivity index (χ0n) is 11.3. The van der Waals surface area contributed by atoms with Crippen LogP contribution in [0.15, 0.2) is 17.6 Å². The van der Waals surface area contributed by atoms with E-state index >= 15 is 0 Å². The minimum atomic E-state index is -3.91. The summed E-state index contributed by atoms with van der Waals surface area (Å²) in [6, 6.07) is 0. The first kappa shape index (κ1) is 16.0. The molecule has 0 amide bonds. The summed E-state index contributed by atoms with van der Waals surface area (Å²) in [6.07, 6.45) is 3.48. The van der Waals surface area contributed by atoms with Gasteiger partial charge in [0.2, 0.25) is 0 Å². The van der Waals surface area contributed by atoms with Gasteiger partial charge in [-0.1, -0.05) is 30.1 Å². The minimum absolute atomic E-state index is 0.0662. The number of halogens is 2. The Morgan fingerprint density at radius 2 is 1.90 bits per heavy atom. The molecule has 2 aromatic rings. The molecule has 0 saturated carbocycles. The Labute approximate surface area is 132 Å². The van der Waals surface area contributed by atoms with Gasteiger partial charge in [-0.05, 0) is 13.3 Å². The quantitative estimate of drug-likeness (QED) is 0.837. The number of nitrogens with zero attached hydrogens (tertiary/aromatic N) is 4. The zero-order valence-corrected chi connectivity index (χ0v) is 13.7. The maximum Gasteiger partial charge on any atom is 0.281 e. The maximum atomic E-state index is 12.3. The fourth-order valence-corrected chi connectivity index (χ4v) is 3.30. The standard InChI is InChI=1S/C11H13Cl2N5O2S/c1-3-4-18-5-8(16-7(18)2)21(19,20)17-9-10(12)14-6-15-11(9)13/h5-6,17H,3-4H2,1-2H3. The fraction of sp³-hybridized carbons (Fsp3) is 0.364. The molecule has 0 radical (unpaired) electrons. The summed E-state index contributed by atoms with van der Waals surface area (Å²) in [7, 11) is -3.91. The van der Waals surface area contributed by atoms with Crippen molar-refractivity contribution in [1.29, 1.82) is 0 Å². The molecule has 0 aromatic carbocycles. The molecule has 0 saturated heterocycles. The Morgan fingerprint density at radius 3 is 2.48 bits per heavy atom. The molecule has 114 valence electrons. The topological polar surface area (TPSA) is 89.8 Å². The van der Waals surface area contributed by atoms with Crippen molar-refractivity contribution in [3.8, 4) is 0 Å². The van der Waals surface area contributed by atoms with E-state index in [4.69, 9.17) is 23.2 Å². The van der Waals surface area contributed by atoms with E-state index in [0.29, 0.717) is 12.4 Å². The molecule has 1 N–H and O–H groups in total. The summed E-state index contributed by atoms with van der Waals surface area (Å²) in [5.74, 6) is 0.610. The molecule has 0 aliphatic carbocycles. The van der Waals surface area contributed by atoms with Crippen molar-refractivity contribution >= 4 is 38.9 Å². The van der Waals surface area contributed by atoms with Gasteiger partial charge in [0.1, 0.15) is 17.8 Å². The van der Waals surface area contributed by atoms with Gasteiger partial charge >= 0.3 is 0 Å². The Bertz CT molecular complexity index is 740. The van der Waals surface area contributed by atoms with Crippen molar-refractivity contribution in [2.45, 2.75) is 31.8 Å². The Hall–Kier alpha value is -1.38. The lowest BCUT2D eigenvalue weighted by molar-refractivity contribution is 0.597. The van der Waals surface area contributed by atoms with E-state index in [2.05, 4.69) is 19.7 Å².